The molecule has 3 unspecified atom stereocenters. The molecular formula is C23H39NO6. The van der Waals surface area contributed by atoms with Crippen LogP contribution in [0.1, 0.15) is 52.0 Å². The standard InChI is InChI=1S/C23H39NO6/c1-16(2)23(3,15-18(24)19(25)8-10-22(26)27)14-17-7-9-20(29-5)21(13-17)30-12-6-11-28-4/h7,9,13,16,18-19,25H,6,8,10-12,14-15,24H2,1-5H3,(H,26,27). The lowest BCUT2D eigenvalue weighted by Crippen LogP contribution is -2.42. The first kappa shape index (κ1) is 26.2. The molecule has 30 heavy (non-hydrogen) atoms. The molecule has 0 amide bonds. The molecule has 0 aromatic heterocycles. The van der Waals surface area contributed by atoms with Gasteiger partial charge >= 0.3 is 5.97 Å². The van der Waals surface area contributed by atoms with Gasteiger partial charge in [0.25, 0.3) is 0 Å². The maximum atomic E-state index is 10.8. The Hall–Kier alpha value is -1.83. The summed E-state index contributed by atoms with van der Waals surface area (Å²) in [6.07, 6.45) is 1.36. The van der Waals surface area contributed by atoms with Crippen LogP contribution in [0.5, 0.6) is 11.5 Å². The van der Waals surface area contributed by atoms with Crippen LogP contribution in [0.15, 0.2) is 18.2 Å². The topological polar surface area (TPSA) is 111 Å². The van der Waals surface area contributed by atoms with E-state index in [1.807, 2.05) is 18.2 Å². The van der Waals surface area contributed by atoms with Crippen LogP contribution in [0.3, 0.4) is 0 Å². The second kappa shape index (κ2) is 12.8. The Kier molecular flexibility index (Phi) is 11.2. The largest absolute Gasteiger partial charge is 0.493 e. The molecule has 1 aromatic carbocycles. The van der Waals surface area contributed by atoms with Gasteiger partial charge in [-0.05, 0) is 48.3 Å². The summed E-state index contributed by atoms with van der Waals surface area (Å²) in [7, 11) is 3.28. The van der Waals surface area contributed by atoms with E-state index in [4.69, 9.17) is 25.1 Å². The number of rotatable bonds is 15. The Morgan fingerprint density at radius 3 is 2.47 bits per heavy atom. The molecule has 0 saturated carbocycles. The molecule has 7 heteroatoms. The van der Waals surface area contributed by atoms with Crippen molar-refractivity contribution in [3.8, 4) is 11.5 Å². The maximum Gasteiger partial charge on any atom is 0.303 e. The minimum atomic E-state index is -0.927. The Morgan fingerprint density at radius 2 is 1.90 bits per heavy atom. The normalized spacial score (nSPS) is 15.5. The number of aliphatic carboxylic acids is 1. The molecule has 0 aliphatic carbocycles. The zero-order valence-corrected chi connectivity index (χ0v) is 19.0. The van der Waals surface area contributed by atoms with Gasteiger partial charge in [-0.3, -0.25) is 4.79 Å². The monoisotopic (exact) mass is 425 g/mol. The number of carboxylic acid groups (broad SMARTS) is 1. The Morgan fingerprint density at radius 1 is 1.20 bits per heavy atom. The van der Waals surface area contributed by atoms with E-state index in [1.54, 1.807) is 14.2 Å². The van der Waals surface area contributed by atoms with Crippen LogP contribution >= 0.6 is 0 Å². The van der Waals surface area contributed by atoms with Gasteiger partial charge in [0, 0.05) is 32.6 Å². The summed E-state index contributed by atoms with van der Waals surface area (Å²) < 4.78 is 16.4. The summed E-state index contributed by atoms with van der Waals surface area (Å²) in [5.74, 6) is 0.763. The van der Waals surface area contributed by atoms with E-state index in [1.165, 1.54) is 0 Å². The van der Waals surface area contributed by atoms with Crippen LogP contribution in [0.4, 0.5) is 0 Å². The molecule has 0 aliphatic heterocycles. The van der Waals surface area contributed by atoms with Crippen molar-refractivity contribution in [3.63, 3.8) is 0 Å². The fourth-order valence-corrected chi connectivity index (χ4v) is 3.47. The van der Waals surface area contributed by atoms with Crippen molar-refractivity contribution in [3.05, 3.63) is 23.8 Å². The molecule has 0 fully saturated rings. The highest BCUT2D eigenvalue weighted by Gasteiger charge is 2.33. The Bertz CT molecular complexity index is 651. The zero-order valence-electron chi connectivity index (χ0n) is 19.0. The van der Waals surface area contributed by atoms with Crippen molar-refractivity contribution in [1.29, 1.82) is 0 Å². The Balaban J connectivity index is 2.91. The Labute approximate surface area is 180 Å². The van der Waals surface area contributed by atoms with Crippen molar-refractivity contribution in [2.75, 3.05) is 27.4 Å². The second-order valence-electron chi connectivity index (χ2n) is 8.53. The van der Waals surface area contributed by atoms with E-state index in [0.29, 0.717) is 37.1 Å². The van der Waals surface area contributed by atoms with Gasteiger partial charge in [-0.1, -0.05) is 26.8 Å². The van der Waals surface area contributed by atoms with Crippen LogP contribution in [0, 0.1) is 11.3 Å². The third-order valence-electron chi connectivity index (χ3n) is 5.83. The van der Waals surface area contributed by atoms with E-state index >= 15 is 0 Å². The number of hydrogen-bond donors (Lipinski definition) is 3. The van der Waals surface area contributed by atoms with Gasteiger partial charge in [0.15, 0.2) is 11.5 Å². The van der Waals surface area contributed by atoms with E-state index in [-0.39, 0.29) is 18.3 Å². The molecule has 172 valence electrons. The summed E-state index contributed by atoms with van der Waals surface area (Å²) in [6, 6.07) is 5.44. The number of aliphatic hydroxyl groups excluding tert-OH is 1. The van der Waals surface area contributed by atoms with Gasteiger partial charge in [-0.2, -0.15) is 0 Å². The fourth-order valence-electron chi connectivity index (χ4n) is 3.47. The molecule has 3 atom stereocenters. The van der Waals surface area contributed by atoms with E-state index in [9.17, 15) is 9.90 Å². The van der Waals surface area contributed by atoms with Crippen LogP contribution in [0.2, 0.25) is 0 Å². The number of ether oxygens (including phenoxy) is 3. The van der Waals surface area contributed by atoms with Crippen molar-refractivity contribution in [1.82, 2.24) is 0 Å². The lowest BCUT2D eigenvalue weighted by molar-refractivity contribution is -0.137. The van der Waals surface area contributed by atoms with Gasteiger partial charge in [0.1, 0.15) is 0 Å². The van der Waals surface area contributed by atoms with Gasteiger partial charge in [-0.25, -0.2) is 0 Å². The average molecular weight is 426 g/mol. The molecule has 1 aromatic rings. The number of carboxylic acids is 1. The lowest BCUT2D eigenvalue weighted by atomic mass is 9.69. The average Bonchev–Trinajstić information content (AvgIpc) is 2.69. The van der Waals surface area contributed by atoms with Gasteiger partial charge in [0.05, 0.1) is 19.8 Å². The molecule has 0 saturated heterocycles. The van der Waals surface area contributed by atoms with Crippen LogP contribution < -0.4 is 15.2 Å². The SMILES string of the molecule is COCCCOc1cc(CC(C)(CC(N)C(O)CCC(=O)O)C(C)C)ccc1OC. The van der Waals surface area contributed by atoms with Gasteiger partial charge < -0.3 is 30.2 Å². The first-order chi connectivity index (χ1) is 14.1. The number of nitrogens with two attached hydrogens (primary N) is 1. The number of hydrogen-bond acceptors (Lipinski definition) is 6. The highest BCUT2D eigenvalue weighted by Crippen LogP contribution is 2.38. The first-order valence-electron chi connectivity index (χ1n) is 10.6. The smallest absolute Gasteiger partial charge is 0.303 e. The number of benzene rings is 1. The van der Waals surface area contributed by atoms with E-state index in [0.717, 1.165) is 18.4 Å². The minimum absolute atomic E-state index is 0.0878. The summed E-state index contributed by atoms with van der Waals surface area (Å²) in [4.78, 5) is 10.8. The number of methoxy groups -OCH3 is 2. The minimum Gasteiger partial charge on any atom is -0.493 e. The van der Waals surface area contributed by atoms with Crippen LogP contribution in [0.25, 0.3) is 0 Å². The fraction of sp³-hybridized carbons (Fsp3) is 0.696. The maximum absolute atomic E-state index is 10.8. The van der Waals surface area contributed by atoms with Crippen molar-refractivity contribution < 1.29 is 29.2 Å². The highest BCUT2D eigenvalue weighted by atomic mass is 16.5. The van der Waals surface area contributed by atoms with Crippen LogP contribution in [-0.4, -0.2) is 55.8 Å². The summed E-state index contributed by atoms with van der Waals surface area (Å²) >= 11 is 0. The third-order valence-corrected chi connectivity index (χ3v) is 5.83. The molecule has 0 spiro atoms. The van der Waals surface area contributed by atoms with Crippen molar-refractivity contribution >= 4 is 5.97 Å². The van der Waals surface area contributed by atoms with Crippen molar-refractivity contribution in [2.24, 2.45) is 17.1 Å². The third kappa shape index (κ3) is 8.50. The van der Waals surface area contributed by atoms with Gasteiger partial charge in [0.2, 0.25) is 0 Å². The summed E-state index contributed by atoms with van der Waals surface area (Å²) in [5.41, 5.74) is 7.17. The zero-order chi connectivity index (χ0) is 22.7. The quantitative estimate of drug-likeness (QED) is 0.370. The lowest BCUT2D eigenvalue weighted by Gasteiger charge is -2.37. The highest BCUT2D eigenvalue weighted by molar-refractivity contribution is 5.66. The molecule has 0 bridgehead atoms. The molecule has 7 nitrogen and oxygen atoms in total. The molecule has 0 aliphatic rings. The van der Waals surface area contributed by atoms with Crippen molar-refractivity contribution in [2.45, 2.75) is 65.0 Å². The second-order valence-corrected chi connectivity index (χ2v) is 8.53. The van der Waals surface area contributed by atoms with E-state index in [2.05, 4.69) is 20.8 Å². The first-order valence-corrected chi connectivity index (χ1v) is 10.6. The van der Waals surface area contributed by atoms with Crippen LogP contribution in [-0.2, 0) is 16.0 Å². The van der Waals surface area contributed by atoms with Gasteiger partial charge in [-0.15, -0.1) is 0 Å². The number of aliphatic hydroxyl groups is 1. The predicted octanol–water partition coefficient (Wildman–Crippen LogP) is 3.26. The molecule has 0 heterocycles. The van der Waals surface area contributed by atoms with E-state index < -0.39 is 18.1 Å². The predicted molar refractivity (Wildman–Crippen MR) is 117 cm³/mol. The molecule has 1 rings (SSSR count). The summed E-state index contributed by atoms with van der Waals surface area (Å²) in [6.45, 7) is 7.61. The number of carbonyl (C=O) groups is 1. The molecule has 0 radical (unpaired) electrons. The summed E-state index contributed by atoms with van der Waals surface area (Å²) in [5, 5.41) is 19.1. The molecular weight excluding hydrogens is 386 g/mol. The molecule has 4 N–H and O–H groups in total.